The fourth-order valence-electron chi connectivity index (χ4n) is 1.80. The largest absolute Gasteiger partial charge is 0.624 e. The van der Waals surface area contributed by atoms with Crippen molar-refractivity contribution in [3.05, 3.63) is 81.0 Å². The van der Waals surface area contributed by atoms with Crippen LogP contribution < -0.4 is 0 Å². The molecule has 0 unspecified atom stereocenters. The third-order valence-electron chi connectivity index (χ3n) is 2.86. The van der Waals surface area contributed by atoms with E-state index >= 15 is 0 Å². The Labute approximate surface area is 116 Å². The molecule has 102 valence electrons. The summed E-state index contributed by atoms with van der Waals surface area (Å²) in [5.41, 5.74) is 1.77. The Morgan fingerprint density at radius 2 is 1.60 bits per heavy atom. The Morgan fingerprint density at radius 1 is 0.950 bits per heavy atom. The first kappa shape index (κ1) is 13.7. The molecule has 5 nitrogen and oxygen atoms in total. The second-order valence-corrected chi connectivity index (χ2v) is 4.35. The van der Waals surface area contributed by atoms with Crippen LogP contribution in [-0.4, -0.2) is 22.4 Å². The Kier molecular flexibility index (Phi) is 4.44. The van der Waals surface area contributed by atoms with Crippen LogP contribution in [0.4, 0.5) is 5.69 Å². The molecule has 2 aromatic carbocycles. The number of hydrogen-bond donors (Lipinski definition) is 0. The van der Waals surface area contributed by atoms with Crippen molar-refractivity contribution in [3.63, 3.8) is 0 Å². The molecule has 0 fully saturated rings. The van der Waals surface area contributed by atoms with Gasteiger partial charge in [0, 0.05) is 24.1 Å². The highest BCUT2D eigenvalue weighted by Crippen LogP contribution is 2.10. The van der Waals surface area contributed by atoms with E-state index in [1.165, 1.54) is 18.3 Å². The van der Waals surface area contributed by atoms with Crippen molar-refractivity contribution >= 4 is 11.9 Å². The van der Waals surface area contributed by atoms with Crippen molar-refractivity contribution in [1.29, 1.82) is 0 Å². The van der Waals surface area contributed by atoms with E-state index in [1.54, 1.807) is 12.1 Å². The van der Waals surface area contributed by atoms with Gasteiger partial charge in [0.25, 0.3) is 5.69 Å². The zero-order chi connectivity index (χ0) is 14.4. The fraction of sp³-hybridized carbons (Fsp3) is 0.133. The predicted molar refractivity (Wildman–Crippen MR) is 76.9 cm³/mol. The van der Waals surface area contributed by atoms with Gasteiger partial charge in [-0.15, -0.1) is 0 Å². The SMILES string of the molecule is O=[N+]([O-])c1ccc(/C=[N+](/[O-])CCc2ccccc2)cc1. The molecule has 0 amide bonds. The van der Waals surface area contributed by atoms with Gasteiger partial charge in [0.1, 0.15) is 0 Å². The lowest BCUT2D eigenvalue weighted by Gasteiger charge is -2.04. The van der Waals surface area contributed by atoms with E-state index < -0.39 is 4.92 Å². The quantitative estimate of drug-likeness (QED) is 0.276. The highest BCUT2D eigenvalue weighted by atomic mass is 16.6. The van der Waals surface area contributed by atoms with Gasteiger partial charge in [-0.05, 0) is 17.7 Å². The summed E-state index contributed by atoms with van der Waals surface area (Å²) in [7, 11) is 0. The average molecular weight is 270 g/mol. The first-order valence-electron chi connectivity index (χ1n) is 6.22. The van der Waals surface area contributed by atoms with Crippen molar-refractivity contribution in [1.82, 2.24) is 0 Å². The molecule has 0 spiro atoms. The third kappa shape index (κ3) is 3.91. The molecule has 2 aromatic rings. The monoisotopic (exact) mass is 270 g/mol. The van der Waals surface area contributed by atoms with Gasteiger partial charge in [0.15, 0.2) is 12.8 Å². The maximum absolute atomic E-state index is 11.7. The summed E-state index contributed by atoms with van der Waals surface area (Å²) in [6, 6.07) is 15.6. The Balaban J connectivity index is 1.97. The van der Waals surface area contributed by atoms with E-state index in [4.69, 9.17) is 0 Å². The van der Waals surface area contributed by atoms with E-state index in [9.17, 15) is 15.3 Å². The molecule has 20 heavy (non-hydrogen) atoms. The number of nitro groups is 1. The smallest absolute Gasteiger partial charge is 0.269 e. The Morgan fingerprint density at radius 3 is 2.20 bits per heavy atom. The van der Waals surface area contributed by atoms with Gasteiger partial charge in [0.05, 0.1) is 4.92 Å². The molecule has 0 bridgehead atoms. The lowest BCUT2D eigenvalue weighted by molar-refractivity contribution is -0.451. The van der Waals surface area contributed by atoms with E-state index in [0.717, 1.165) is 10.3 Å². The molecule has 0 aliphatic heterocycles. The molecule has 0 aliphatic rings. The second kappa shape index (κ2) is 6.47. The van der Waals surface area contributed by atoms with Crippen LogP contribution in [0.25, 0.3) is 0 Å². The Hall–Kier alpha value is -2.69. The number of rotatable bonds is 5. The fourth-order valence-corrected chi connectivity index (χ4v) is 1.80. The molecular weight excluding hydrogens is 256 g/mol. The summed E-state index contributed by atoms with van der Waals surface area (Å²) in [5.74, 6) is 0. The number of hydrogen-bond acceptors (Lipinski definition) is 3. The molecule has 0 aromatic heterocycles. The van der Waals surface area contributed by atoms with Crippen LogP contribution in [0.1, 0.15) is 11.1 Å². The first-order valence-corrected chi connectivity index (χ1v) is 6.22. The van der Waals surface area contributed by atoms with E-state index in [2.05, 4.69) is 0 Å². The normalized spacial score (nSPS) is 11.3. The highest BCUT2D eigenvalue weighted by Gasteiger charge is 2.04. The molecule has 0 radical (unpaired) electrons. The molecule has 0 aliphatic carbocycles. The molecule has 2 rings (SSSR count). The molecule has 0 N–H and O–H groups in total. The summed E-state index contributed by atoms with van der Waals surface area (Å²) in [5, 5.41) is 22.2. The third-order valence-corrected chi connectivity index (χ3v) is 2.86. The molecule has 0 atom stereocenters. The standard InChI is InChI=1S/C15H14N2O3/c18-16(11-10-13-4-2-1-3-5-13)12-14-6-8-15(9-7-14)17(19)20/h1-9,12H,10-11H2/b16-12+. The number of benzene rings is 2. The number of hydroxylamine groups is 1. The topological polar surface area (TPSA) is 69.2 Å². The van der Waals surface area contributed by atoms with Gasteiger partial charge in [-0.3, -0.25) is 10.1 Å². The van der Waals surface area contributed by atoms with Crippen LogP contribution in [0, 0.1) is 15.3 Å². The van der Waals surface area contributed by atoms with Gasteiger partial charge in [-0.1, -0.05) is 30.3 Å². The molecule has 0 heterocycles. The summed E-state index contributed by atoms with van der Waals surface area (Å²) in [6.07, 6.45) is 2.10. The zero-order valence-electron chi connectivity index (χ0n) is 10.8. The van der Waals surface area contributed by atoms with Gasteiger partial charge in [-0.2, -0.15) is 0 Å². The predicted octanol–water partition coefficient (Wildman–Crippen LogP) is 2.77. The summed E-state index contributed by atoms with van der Waals surface area (Å²) in [6.45, 7) is 0.348. The van der Waals surface area contributed by atoms with Crippen LogP contribution >= 0.6 is 0 Å². The van der Waals surface area contributed by atoms with Gasteiger partial charge < -0.3 is 5.21 Å². The van der Waals surface area contributed by atoms with Crippen molar-refractivity contribution < 1.29 is 9.66 Å². The maximum Gasteiger partial charge on any atom is 0.269 e. The van der Waals surface area contributed by atoms with Crippen molar-refractivity contribution in [2.75, 3.05) is 6.54 Å². The zero-order valence-corrected chi connectivity index (χ0v) is 10.8. The minimum Gasteiger partial charge on any atom is -0.624 e. The van der Waals surface area contributed by atoms with E-state index in [1.807, 2.05) is 30.3 Å². The Bertz CT molecular complexity index is 607. The second-order valence-electron chi connectivity index (χ2n) is 4.35. The lowest BCUT2D eigenvalue weighted by atomic mass is 10.1. The molecule has 0 saturated heterocycles. The van der Waals surface area contributed by atoms with Crippen LogP contribution in [0.2, 0.25) is 0 Å². The van der Waals surface area contributed by atoms with Gasteiger partial charge in [0.2, 0.25) is 0 Å². The van der Waals surface area contributed by atoms with Crippen LogP contribution in [0.5, 0.6) is 0 Å². The van der Waals surface area contributed by atoms with Crippen molar-refractivity contribution in [2.24, 2.45) is 0 Å². The summed E-state index contributed by atoms with van der Waals surface area (Å²) < 4.78 is 0.841. The van der Waals surface area contributed by atoms with E-state index in [0.29, 0.717) is 18.5 Å². The summed E-state index contributed by atoms with van der Waals surface area (Å²) >= 11 is 0. The van der Waals surface area contributed by atoms with Crippen molar-refractivity contribution in [3.8, 4) is 0 Å². The minimum atomic E-state index is -0.464. The van der Waals surface area contributed by atoms with Gasteiger partial charge in [-0.25, -0.2) is 4.74 Å². The summed E-state index contributed by atoms with van der Waals surface area (Å²) in [4.78, 5) is 10.1. The maximum atomic E-state index is 11.7. The van der Waals surface area contributed by atoms with Crippen molar-refractivity contribution in [2.45, 2.75) is 6.42 Å². The lowest BCUT2D eigenvalue weighted by Crippen LogP contribution is -2.10. The van der Waals surface area contributed by atoms with Crippen LogP contribution in [-0.2, 0) is 6.42 Å². The van der Waals surface area contributed by atoms with Crippen LogP contribution in [0.15, 0.2) is 54.6 Å². The van der Waals surface area contributed by atoms with Crippen LogP contribution in [0.3, 0.4) is 0 Å². The minimum absolute atomic E-state index is 0.0175. The molecule has 0 saturated carbocycles. The number of non-ortho nitro benzene ring substituents is 1. The van der Waals surface area contributed by atoms with Gasteiger partial charge >= 0.3 is 0 Å². The molecular formula is C15H14N2O3. The molecule has 5 heteroatoms. The first-order chi connectivity index (χ1) is 9.65. The number of nitro benzene ring substituents is 1. The van der Waals surface area contributed by atoms with E-state index in [-0.39, 0.29) is 5.69 Å². The average Bonchev–Trinajstić information content (AvgIpc) is 2.47. The number of nitrogens with zero attached hydrogens (tertiary/aromatic N) is 2. The highest BCUT2D eigenvalue weighted by molar-refractivity contribution is 5.76.